The average Bonchev–Trinajstić information content (AvgIpc) is 2.27. The van der Waals surface area contributed by atoms with Gasteiger partial charge in [-0.1, -0.05) is 18.2 Å². The fraction of sp³-hybridized carbons (Fsp3) is 0.333. The number of hydrogen-bond donors (Lipinski definition) is 3. The Kier molecular flexibility index (Phi) is 4.09. The third-order valence-electron chi connectivity index (χ3n) is 2.30. The van der Waals surface area contributed by atoms with Gasteiger partial charge in [-0.15, -0.1) is 0 Å². The van der Waals surface area contributed by atoms with E-state index in [0.717, 1.165) is 5.69 Å². The molecule has 5 heteroatoms. The predicted molar refractivity (Wildman–Crippen MR) is 64.2 cm³/mol. The Labute approximate surface area is 99.8 Å². The molecule has 1 rings (SSSR count). The first-order valence-corrected chi connectivity index (χ1v) is 5.25. The van der Waals surface area contributed by atoms with E-state index in [2.05, 4.69) is 10.9 Å². The molecule has 0 atom stereocenters. The summed E-state index contributed by atoms with van der Waals surface area (Å²) < 4.78 is 0. The number of hydrazine groups is 1. The van der Waals surface area contributed by atoms with Crippen molar-refractivity contribution in [3.05, 3.63) is 30.3 Å². The summed E-state index contributed by atoms with van der Waals surface area (Å²) in [6.07, 6.45) is -0.0812. The maximum Gasteiger partial charge on any atom is 0.309 e. The van der Waals surface area contributed by atoms with Crippen molar-refractivity contribution in [2.45, 2.75) is 20.3 Å². The lowest BCUT2D eigenvalue weighted by Gasteiger charge is -2.18. The van der Waals surface area contributed by atoms with E-state index in [-0.39, 0.29) is 12.3 Å². The van der Waals surface area contributed by atoms with Gasteiger partial charge in [-0.05, 0) is 26.0 Å². The summed E-state index contributed by atoms with van der Waals surface area (Å²) in [5.41, 5.74) is 4.85. The molecular formula is C12H16N2O3. The number of rotatable bonds is 5. The number of para-hydroxylation sites is 1. The van der Waals surface area contributed by atoms with E-state index in [0.29, 0.717) is 0 Å². The van der Waals surface area contributed by atoms with Crippen molar-refractivity contribution < 1.29 is 14.7 Å². The summed E-state index contributed by atoms with van der Waals surface area (Å²) in [5, 5.41) is 8.87. The Hall–Kier alpha value is -2.04. The molecule has 0 unspecified atom stereocenters. The lowest BCUT2D eigenvalue weighted by atomic mass is 9.89. The zero-order valence-electron chi connectivity index (χ0n) is 9.86. The molecule has 0 radical (unpaired) electrons. The van der Waals surface area contributed by atoms with Crippen molar-refractivity contribution >= 4 is 17.6 Å². The molecule has 0 saturated carbocycles. The highest BCUT2D eigenvalue weighted by Gasteiger charge is 2.30. The van der Waals surface area contributed by atoms with Crippen molar-refractivity contribution in [3.63, 3.8) is 0 Å². The van der Waals surface area contributed by atoms with Crippen molar-refractivity contribution in [1.29, 1.82) is 0 Å². The number of carboxylic acids is 1. The zero-order valence-corrected chi connectivity index (χ0v) is 9.86. The van der Waals surface area contributed by atoms with Crippen LogP contribution >= 0.6 is 0 Å². The molecule has 0 spiro atoms. The number of hydrogen-bond acceptors (Lipinski definition) is 3. The maximum atomic E-state index is 11.5. The molecule has 92 valence electrons. The Morgan fingerprint density at radius 2 is 1.82 bits per heavy atom. The van der Waals surface area contributed by atoms with Gasteiger partial charge in [-0.25, -0.2) is 0 Å². The minimum Gasteiger partial charge on any atom is -0.481 e. The van der Waals surface area contributed by atoms with Crippen molar-refractivity contribution in [3.8, 4) is 0 Å². The number of carbonyl (C=O) groups excluding carboxylic acids is 1. The summed E-state index contributed by atoms with van der Waals surface area (Å²) in [6.45, 7) is 3.02. The van der Waals surface area contributed by atoms with Crippen LogP contribution in [0.3, 0.4) is 0 Å². The van der Waals surface area contributed by atoms with E-state index in [1.54, 1.807) is 12.1 Å². The molecule has 0 saturated heterocycles. The van der Waals surface area contributed by atoms with Gasteiger partial charge in [0.2, 0.25) is 5.91 Å². The number of carboxylic acid groups (broad SMARTS) is 1. The lowest BCUT2D eigenvalue weighted by Crippen LogP contribution is -2.36. The van der Waals surface area contributed by atoms with E-state index in [4.69, 9.17) is 5.11 Å². The topological polar surface area (TPSA) is 78.4 Å². The minimum atomic E-state index is -1.07. The first-order valence-electron chi connectivity index (χ1n) is 5.25. The van der Waals surface area contributed by atoms with Gasteiger partial charge in [0.1, 0.15) is 0 Å². The van der Waals surface area contributed by atoms with Gasteiger partial charge >= 0.3 is 5.97 Å². The fourth-order valence-electron chi connectivity index (χ4n) is 1.18. The molecule has 0 bridgehead atoms. The van der Waals surface area contributed by atoms with E-state index in [1.165, 1.54) is 13.8 Å². The van der Waals surface area contributed by atoms with E-state index in [1.807, 2.05) is 18.2 Å². The van der Waals surface area contributed by atoms with Crippen LogP contribution in [0, 0.1) is 5.41 Å². The summed E-state index contributed by atoms with van der Waals surface area (Å²) in [7, 11) is 0. The van der Waals surface area contributed by atoms with E-state index < -0.39 is 11.4 Å². The number of carbonyl (C=O) groups is 2. The van der Waals surface area contributed by atoms with Crippen LogP contribution in [0.2, 0.25) is 0 Å². The standard InChI is InChI=1S/C12H16N2O3/c1-12(2,11(16)17)8-10(15)14-13-9-6-4-3-5-7-9/h3-7,13H,8H2,1-2H3,(H,14,15)(H,16,17). The fourth-order valence-corrected chi connectivity index (χ4v) is 1.18. The second kappa shape index (κ2) is 5.34. The molecule has 0 aliphatic carbocycles. The van der Waals surface area contributed by atoms with Crippen LogP contribution in [-0.2, 0) is 9.59 Å². The highest BCUT2D eigenvalue weighted by Crippen LogP contribution is 2.19. The normalized spacial score (nSPS) is 10.7. The molecule has 17 heavy (non-hydrogen) atoms. The number of anilines is 1. The van der Waals surface area contributed by atoms with Gasteiger partial charge in [0.05, 0.1) is 11.1 Å². The van der Waals surface area contributed by atoms with Gasteiger partial charge in [-0.2, -0.15) is 0 Å². The smallest absolute Gasteiger partial charge is 0.309 e. The second-order valence-electron chi connectivity index (χ2n) is 4.41. The zero-order chi connectivity index (χ0) is 12.9. The first-order chi connectivity index (χ1) is 7.92. The third-order valence-corrected chi connectivity index (χ3v) is 2.30. The van der Waals surface area contributed by atoms with Gasteiger partial charge < -0.3 is 5.11 Å². The minimum absolute atomic E-state index is 0.0812. The largest absolute Gasteiger partial charge is 0.481 e. The van der Waals surface area contributed by atoms with Crippen LogP contribution in [0.5, 0.6) is 0 Å². The summed E-state index contributed by atoms with van der Waals surface area (Å²) >= 11 is 0. The average molecular weight is 236 g/mol. The molecule has 0 aromatic heterocycles. The highest BCUT2D eigenvalue weighted by molar-refractivity contribution is 5.84. The third kappa shape index (κ3) is 4.14. The van der Waals surface area contributed by atoms with Crippen LogP contribution in [0.15, 0.2) is 30.3 Å². The SMILES string of the molecule is CC(C)(CC(=O)NNc1ccccc1)C(=O)O. The second-order valence-corrected chi connectivity index (χ2v) is 4.41. The molecule has 5 nitrogen and oxygen atoms in total. The maximum absolute atomic E-state index is 11.5. The Bertz CT molecular complexity index is 401. The summed E-state index contributed by atoms with van der Waals surface area (Å²) in [4.78, 5) is 22.3. The van der Waals surface area contributed by atoms with Crippen LogP contribution in [0.4, 0.5) is 5.69 Å². The molecule has 1 amide bonds. The van der Waals surface area contributed by atoms with Crippen molar-refractivity contribution in [1.82, 2.24) is 5.43 Å². The van der Waals surface area contributed by atoms with Crippen molar-refractivity contribution in [2.24, 2.45) is 5.41 Å². The quantitative estimate of drug-likeness (QED) is 0.679. The van der Waals surface area contributed by atoms with Gasteiger partial charge in [-0.3, -0.25) is 20.4 Å². The highest BCUT2D eigenvalue weighted by atomic mass is 16.4. The lowest BCUT2D eigenvalue weighted by molar-refractivity contribution is -0.149. The van der Waals surface area contributed by atoms with Crippen LogP contribution in [-0.4, -0.2) is 17.0 Å². The molecule has 0 aliphatic heterocycles. The molecule has 1 aromatic rings. The number of benzene rings is 1. The molecule has 3 N–H and O–H groups in total. The molecule has 1 aromatic carbocycles. The van der Waals surface area contributed by atoms with Crippen LogP contribution < -0.4 is 10.9 Å². The first kappa shape index (κ1) is 13.0. The number of aliphatic carboxylic acids is 1. The molecule has 0 fully saturated rings. The summed E-state index contributed by atoms with van der Waals surface area (Å²) in [6, 6.07) is 9.11. The van der Waals surface area contributed by atoms with E-state index in [9.17, 15) is 9.59 Å². The molecular weight excluding hydrogens is 220 g/mol. The number of amides is 1. The van der Waals surface area contributed by atoms with E-state index >= 15 is 0 Å². The van der Waals surface area contributed by atoms with Gasteiger partial charge in [0.15, 0.2) is 0 Å². The van der Waals surface area contributed by atoms with Crippen LogP contribution in [0.25, 0.3) is 0 Å². The van der Waals surface area contributed by atoms with Crippen LogP contribution in [0.1, 0.15) is 20.3 Å². The molecule has 0 heterocycles. The monoisotopic (exact) mass is 236 g/mol. The van der Waals surface area contributed by atoms with Gasteiger partial charge in [0, 0.05) is 6.42 Å². The Morgan fingerprint density at radius 1 is 1.24 bits per heavy atom. The van der Waals surface area contributed by atoms with Gasteiger partial charge in [0.25, 0.3) is 0 Å². The summed E-state index contributed by atoms with van der Waals surface area (Å²) in [5.74, 6) is -1.35. The Morgan fingerprint density at radius 3 is 2.35 bits per heavy atom. The molecule has 0 aliphatic rings. The van der Waals surface area contributed by atoms with Crippen molar-refractivity contribution in [2.75, 3.05) is 5.43 Å². The Balaban J connectivity index is 2.44. The predicted octanol–water partition coefficient (Wildman–Crippen LogP) is 1.63. The number of nitrogens with one attached hydrogen (secondary N) is 2.